The topological polar surface area (TPSA) is 15.3 Å². The third kappa shape index (κ3) is 3.15. The highest BCUT2D eigenvalue weighted by molar-refractivity contribution is 8.00. The van der Waals surface area contributed by atoms with Crippen molar-refractivity contribution >= 4 is 11.8 Å². The molecule has 0 spiro atoms. The van der Waals surface area contributed by atoms with Gasteiger partial charge in [0.2, 0.25) is 0 Å². The molecule has 0 radical (unpaired) electrons. The standard InChI is InChI=1S/C18H26N2S/c1-2-8-18-14(5-1)11-16(21-18)13-20-10-4-6-15(12-20)17-7-3-9-19-17/h1-2,5,8,15-17,19H,3-4,6-7,9-13H2. The van der Waals surface area contributed by atoms with E-state index in [-0.39, 0.29) is 0 Å². The Labute approximate surface area is 132 Å². The summed E-state index contributed by atoms with van der Waals surface area (Å²) in [6, 6.07) is 9.77. The van der Waals surface area contributed by atoms with Crippen molar-refractivity contribution in [2.75, 3.05) is 26.2 Å². The second kappa shape index (κ2) is 6.31. The van der Waals surface area contributed by atoms with Gasteiger partial charge in [-0.25, -0.2) is 0 Å². The summed E-state index contributed by atoms with van der Waals surface area (Å²) in [5.41, 5.74) is 1.57. The maximum absolute atomic E-state index is 3.72. The van der Waals surface area contributed by atoms with Crippen molar-refractivity contribution in [3.8, 4) is 0 Å². The molecular weight excluding hydrogens is 276 g/mol. The Morgan fingerprint density at radius 2 is 2.14 bits per heavy atom. The van der Waals surface area contributed by atoms with Crippen molar-refractivity contribution in [1.29, 1.82) is 0 Å². The summed E-state index contributed by atoms with van der Waals surface area (Å²) in [7, 11) is 0. The van der Waals surface area contributed by atoms with Gasteiger partial charge in [-0.2, -0.15) is 0 Å². The van der Waals surface area contributed by atoms with E-state index in [1.165, 1.54) is 63.2 Å². The van der Waals surface area contributed by atoms with Crippen LogP contribution in [-0.4, -0.2) is 42.4 Å². The van der Waals surface area contributed by atoms with Crippen LogP contribution in [0.5, 0.6) is 0 Å². The average Bonchev–Trinajstić information content (AvgIpc) is 3.16. The maximum atomic E-state index is 3.72. The van der Waals surface area contributed by atoms with Crippen LogP contribution in [0.25, 0.3) is 0 Å². The predicted molar refractivity (Wildman–Crippen MR) is 90.0 cm³/mol. The summed E-state index contributed by atoms with van der Waals surface area (Å²) < 4.78 is 0. The number of hydrogen-bond acceptors (Lipinski definition) is 3. The Hall–Kier alpha value is -0.510. The van der Waals surface area contributed by atoms with Crippen molar-refractivity contribution in [3.63, 3.8) is 0 Å². The summed E-state index contributed by atoms with van der Waals surface area (Å²) in [6.45, 7) is 5.17. The molecule has 2 fully saturated rings. The zero-order valence-corrected chi connectivity index (χ0v) is 13.6. The first kappa shape index (κ1) is 14.1. The van der Waals surface area contributed by atoms with Crippen molar-refractivity contribution in [2.24, 2.45) is 5.92 Å². The predicted octanol–water partition coefficient (Wildman–Crippen LogP) is 3.17. The van der Waals surface area contributed by atoms with Gasteiger partial charge in [0.05, 0.1) is 0 Å². The van der Waals surface area contributed by atoms with Gasteiger partial charge in [-0.15, -0.1) is 11.8 Å². The monoisotopic (exact) mass is 302 g/mol. The van der Waals surface area contributed by atoms with Gasteiger partial charge >= 0.3 is 0 Å². The average molecular weight is 302 g/mol. The fourth-order valence-electron chi connectivity index (χ4n) is 4.34. The van der Waals surface area contributed by atoms with Gasteiger partial charge in [0.15, 0.2) is 0 Å². The van der Waals surface area contributed by atoms with E-state index >= 15 is 0 Å². The summed E-state index contributed by atoms with van der Waals surface area (Å²) in [4.78, 5) is 4.27. The molecule has 3 heteroatoms. The van der Waals surface area contributed by atoms with E-state index in [0.29, 0.717) is 0 Å². The van der Waals surface area contributed by atoms with Crippen LogP contribution in [0.2, 0.25) is 0 Å². The van der Waals surface area contributed by atoms with Crippen LogP contribution < -0.4 is 5.32 Å². The first-order chi connectivity index (χ1) is 10.4. The van der Waals surface area contributed by atoms with E-state index in [1.54, 1.807) is 5.56 Å². The molecule has 3 aliphatic heterocycles. The number of fused-ring (bicyclic) bond motifs is 1. The molecule has 1 aromatic carbocycles. The fourth-order valence-corrected chi connectivity index (χ4v) is 5.71. The van der Waals surface area contributed by atoms with Crippen molar-refractivity contribution < 1.29 is 0 Å². The lowest BCUT2D eigenvalue weighted by Gasteiger charge is -2.36. The lowest BCUT2D eigenvalue weighted by Crippen LogP contribution is -2.45. The van der Waals surface area contributed by atoms with Crippen LogP contribution in [0.1, 0.15) is 31.2 Å². The second-order valence-corrected chi connectivity index (χ2v) is 8.26. The highest BCUT2D eigenvalue weighted by Crippen LogP contribution is 2.37. The summed E-state index contributed by atoms with van der Waals surface area (Å²) in [5.74, 6) is 0.898. The van der Waals surface area contributed by atoms with Crippen molar-refractivity contribution in [2.45, 2.75) is 48.3 Å². The number of thioether (sulfide) groups is 1. The summed E-state index contributed by atoms with van der Waals surface area (Å²) >= 11 is 2.11. The van der Waals surface area contributed by atoms with Gasteiger partial charge in [0, 0.05) is 29.3 Å². The molecule has 2 saturated heterocycles. The minimum absolute atomic E-state index is 0.776. The molecule has 0 aromatic heterocycles. The van der Waals surface area contributed by atoms with Gasteiger partial charge in [0.25, 0.3) is 0 Å². The van der Waals surface area contributed by atoms with Gasteiger partial charge in [0.1, 0.15) is 0 Å². The first-order valence-corrected chi connectivity index (χ1v) is 9.47. The van der Waals surface area contributed by atoms with E-state index in [9.17, 15) is 0 Å². The van der Waals surface area contributed by atoms with E-state index < -0.39 is 0 Å². The van der Waals surface area contributed by atoms with E-state index in [0.717, 1.165) is 17.2 Å². The molecule has 0 aliphatic carbocycles. The first-order valence-electron chi connectivity index (χ1n) is 8.59. The Morgan fingerprint density at radius 3 is 3.00 bits per heavy atom. The molecule has 0 amide bonds. The molecule has 0 bridgehead atoms. The highest BCUT2D eigenvalue weighted by Gasteiger charge is 2.31. The number of piperidine rings is 1. The summed E-state index contributed by atoms with van der Waals surface area (Å²) in [5, 5.41) is 4.50. The number of rotatable bonds is 3. The van der Waals surface area contributed by atoms with E-state index in [4.69, 9.17) is 0 Å². The Kier molecular flexibility index (Phi) is 4.24. The largest absolute Gasteiger partial charge is 0.314 e. The minimum Gasteiger partial charge on any atom is -0.314 e. The number of likely N-dealkylation sites (tertiary alicyclic amines) is 1. The zero-order valence-electron chi connectivity index (χ0n) is 12.8. The molecule has 3 heterocycles. The number of nitrogens with zero attached hydrogens (tertiary/aromatic N) is 1. The lowest BCUT2D eigenvalue weighted by molar-refractivity contribution is 0.152. The van der Waals surface area contributed by atoms with Gasteiger partial charge < -0.3 is 10.2 Å². The molecule has 2 nitrogen and oxygen atoms in total. The lowest BCUT2D eigenvalue weighted by atomic mass is 9.89. The van der Waals surface area contributed by atoms with E-state index in [1.807, 2.05) is 0 Å². The second-order valence-electron chi connectivity index (χ2n) is 6.92. The quantitative estimate of drug-likeness (QED) is 0.923. The smallest absolute Gasteiger partial charge is 0.0263 e. The molecule has 1 N–H and O–H groups in total. The van der Waals surface area contributed by atoms with Crippen LogP contribution >= 0.6 is 11.8 Å². The minimum atomic E-state index is 0.776. The molecule has 3 unspecified atom stereocenters. The highest BCUT2D eigenvalue weighted by atomic mass is 32.2. The number of hydrogen-bond donors (Lipinski definition) is 1. The molecule has 114 valence electrons. The van der Waals surface area contributed by atoms with Crippen LogP contribution in [0.3, 0.4) is 0 Å². The Morgan fingerprint density at radius 1 is 1.19 bits per heavy atom. The molecule has 0 saturated carbocycles. The molecular formula is C18H26N2S. The number of benzene rings is 1. The van der Waals surface area contributed by atoms with Gasteiger partial charge in [-0.3, -0.25) is 0 Å². The molecule has 3 atom stereocenters. The normalized spacial score (nSPS) is 33.2. The van der Waals surface area contributed by atoms with Crippen LogP contribution in [0, 0.1) is 5.92 Å². The van der Waals surface area contributed by atoms with Crippen LogP contribution in [0.15, 0.2) is 29.2 Å². The SMILES string of the molecule is c1ccc2c(c1)CC(CN1CCCC(C3CCCN3)C1)S2. The van der Waals surface area contributed by atoms with Crippen molar-refractivity contribution in [1.82, 2.24) is 10.2 Å². The third-order valence-corrected chi connectivity index (χ3v) is 6.69. The Balaban J connectivity index is 1.33. The molecule has 4 rings (SSSR count). The van der Waals surface area contributed by atoms with E-state index in [2.05, 4.69) is 46.2 Å². The van der Waals surface area contributed by atoms with Crippen LogP contribution in [0.4, 0.5) is 0 Å². The maximum Gasteiger partial charge on any atom is 0.0263 e. The van der Waals surface area contributed by atoms with Gasteiger partial charge in [-0.05, 0) is 62.7 Å². The molecule has 1 aromatic rings. The fraction of sp³-hybridized carbons (Fsp3) is 0.667. The van der Waals surface area contributed by atoms with Gasteiger partial charge in [-0.1, -0.05) is 18.2 Å². The molecule has 3 aliphatic rings. The third-order valence-electron chi connectivity index (χ3n) is 5.39. The van der Waals surface area contributed by atoms with Crippen molar-refractivity contribution in [3.05, 3.63) is 29.8 Å². The van der Waals surface area contributed by atoms with Crippen LogP contribution in [-0.2, 0) is 6.42 Å². The summed E-state index contributed by atoms with van der Waals surface area (Å²) in [6.07, 6.45) is 6.89. The zero-order chi connectivity index (χ0) is 14.1. The number of nitrogens with one attached hydrogen (secondary N) is 1. The molecule has 21 heavy (non-hydrogen) atoms. The Bertz CT molecular complexity index is 459.